The molecule has 3 aromatic carbocycles. The van der Waals surface area contributed by atoms with Crippen LogP contribution in [0.1, 0.15) is 49.5 Å². The summed E-state index contributed by atoms with van der Waals surface area (Å²) < 4.78 is 68.8. The molecule has 2 aliphatic heterocycles. The molecule has 0 aliphatic carbocycles. The Bertz CT molecular complexity index is 2710. The number of nitrogens with zero attached hydrogens (tertiary/aromatic N) is 7. The molecule has 330 valence electrons. The maximum atomic E-state index is 14.6. The summed E-state index contributed by atoms with van der Waals surface area (Å²) in [7, 11) is -3.18. The number of halogens is 2. The first-order chi connectivity index (χ1) is 30.4. The van der Waals surface area contributed by atoms with Gasteiger partial charge in [-0.3, -0.25) is 14.1 Å². The summed E-state index contributed by atoms with van der Waals surface area (Å²) in [4.78, 5) is 33.1. The number of anilines is 4. The Balaban J connectivity index is 1.07. The van der Waals surface area contributed by atoms with Gasteiger partial charge < -0.3 is 25.0 Å². The number of hydrogen-bond donors (Lipinski definition) is 2. The SMILES string of the molecule is CCOc1cc(N2CCC(N3CCN(S(C)(=O)=O)CC3)CC2)c(CC)cc1Nc1nccc(-c2c(-c3ccc(OCC)c(C(=O)Nc4c(F)cccc4F)c3)nc3ccccn23)n1. The molecular weight excluding hydrogens is 829 g/mol. The Labute approximate surface area is 365 Å². The van der Waals surface area contributed by atoms with E-state index in [-0.39, 0.29) is 17.9 Å². The van der Waals surface area contributed by atoms with Crippen molar-refractivity contribution in [3.8, 4) is 34.1 Å². The van der Waals surface area contributed by atoms with Gasteiger partial charge in [-0.1, -0.05) is 19.1 Å². The maximum Gasteiger partial charge on any atom is 0.259 e. The number of piperazine rings is 1. The largest absolute Gasteiger partial charge is 0.493 e. The fourth-order valence-corrected chi connectivity index (χ4v) is 9.31. The third kappa shape index (κ3) is 9.31. The summed E-state index contributed by atoms with van der Waals surface area (Å²) in [6.45, 7) is 10.9. The molecule has 2 fully saturated rings. The number of hydrogen-bond acceptors (Lipinski definition) is 11. The third-order valence-electron chi connectivity index (χ3n) is 11.6. The number of aryl methyl sites for hydroxylation is 1. The number of benzene rings is 3. The predicted molar refractivity (Wildman–Crippen MR) is 241 cm³/mol. The van der Waals surface area contributed by atoms with E-state index in [1.807, 2.05) is 35.7 Å². The lowest BCUT2D eigenvalue weighted by Crippen LogP contribution is -2.54. The molecule has 0 spiro atoms. The van der Waals surface area contributed by atoms with Gasteiger partial charge in [0.15, 0.2) is 0 Å². The molecule has 8 rings (SSSR count). The molecule has 3 aromatic heterocycles. The van der Waals surface area contributed by atoms with Crippen LogP contribution in [0.15, 0.2) is 85.2 Å². The van der Waals surface area contributed by atoms with Crippen molar-refractivity contribution in [1.29, 1.82) is 0 Å². The Hall–Kier alpha value is -6.17. The highest BCUT2D eigenvalue weighted by molar-refractivity contribution is 7.88. The van der Waals surface area contributed by atoms with Gasteiger partial charge >= 0.3 is 0 Å². The Kier molecular flexibility index (Phi) is 12.9. The molecule has 63 heavy (non-hydrogen) atoms. The van der Waals surface area contributed by atoms with Crippen LogP contribution in [0, 0.1) is 11.6 Å². The van der Waals surface area contributed by atoms with Crippen LogP contribution in [0.3, 0.4) is 0 Å². The number of piperidine rings is 1. The Morgan fingerprint density at radius 3 is 2.27 bits per heavy atom. The summed E-state index contributed by atoms with van der Waals surface area (Å²) in [5.41, 5.74) is 5.36. The number of carbonyl (C=O) groups is 1. The van der Waals surface area contributed by atoms with Crippen LogP contribution in [0.2, 0.25) is 0 Å². The Morgan fingerprint density at radius 1 is 0.841 bits per heavy atom. The molecule has 2 saturated heterocycles. The number of imidazole rings is 1. The molecule has 6 aromatic rings. The van der Waals surface area contributed by atoms with Crippen molar-refractivity contribution in [3.63, 3.8) is 0 Å². The standard InChI is InChI=1S/C46H51F2N9O5S/c1-5-30-28-37(40(62-7-3)29-38(30)55-21-17-32(18-22-55)54-23-25-56(26-24-54)63(4,59)60)51-46-49-19-16-36(50-46)44-42(52-41-13-8-9-20-57(41)44)31-14-15-39(61-6-2)33(27-31)45(58)53-43-34(47)11-10-12-35(43)48/h8-16,19-20,27-29,32H,5-7,17-18,21-26H2,1-4H3,(H,53,58)(H,49,50,51). The number of para-hydroxylation sites is 1. The van der Waals surface area contributed by atoms with Crippen LogP contribution in [-0.4, -0.2) is 108 Å². The normalized spacial score (nSPS) is 15.4. The average Bonchev–Trinajstić information content (AvgIpc) is 3.68. The number of fused-ring (bicyclic) bond motifs is 1. The summed E-state index contributed by atoms with van der Waals surface area (Å²) in [6.07, 6.45) is 7.57. The second kappa shape index (κ2) is 18.7. The highest BCUT2D eigenvalue weighted by atomic mass is 32.2. The fraction of sp³-hybridized carbons (Fsp3) is 0.348. The molecule has 2 N–H and O–H groups in total. The minimum absolute atomic E-state index is 0.0676. The smallest absolute Gasteiger partial charge is 0.259 e. The van der Waals surface area contributed by atoms with E-state index in [0.717, 1.165) is 74.5 Å². The van der Waals surface area contributed by atoms with Gasteiger partial charge in [0.25, 0.3) is 5.91 Å². The van der Waals surface area contributed by atoms with Gasteiger partial charge in [-0.05, 0) is 93.3 Å². The lowest BCUT2D eigenvalue weighted by atomic mass is 9.99. The zero-order chi connectivity index (χ0) is 44.3. The lowest BCUT2D eigenvalue weighted by Gasteiger charge is -2.43. The second-order valence-electron chi connectivity index (χ2n) is 15.5. The van der Waals surface area contributed by atoms with Gasteiger partial charge in [0.05, 0.1) is 47.8 Å². The highest BCUT2D eigenvalue weighted by Gasteiger charge is 2.31. The van der Waals surface area contributed by atoms with Gasteiger partial charge in [0, 0.05) is 75.0 Å². The molecule has 5 heterocycles. The quantitative estimate of drug-likeness (QED) is 0.111. The number of rotatable bonds is 14. The van der Waals surface area contributed by atoms with Crippen molar-refractivity contribution < 1.29 is 31.5 Å². The minimum atomic E-state index is -3.18. The number of aromatic nitrogens is 4. The van der Waals surface area contributed by atoms with Crippen LogP contribution >= 0.6 is 0 Å². The zero-order valence-electron chi connectivity index (χ0n) is 35.8. The number of amides is 1. The first-order valence-electron chi connectivity index (χ1n) is 21.3. The lowest BCUT2D eigenvalue weighted by molar-refractivity contribution is 0.102. The van der Waals surface area contributed by atoms with Gasteiger partial charge in [0.1, 0.15) is 34.5 Å². The molecule has 0 radical (unpaired) electrons. The number of carbonyl (C=O) groups excluding carboxylic acids is 1. The molecule has 0 saturated carbocycles. The molecule has 14 nitrogen and oxygen atoms in total. The van der Waals surface area contributed by atoms with Gasteiger partial charge in [-0.25, -0.2) is 32.2 Å². The van der Waals surface area contributed by atoms with Crippen molar-refractivity contribution in [2.45, 2.75) is 46.1 Å². The van der Waals surface area contributed by atoms with Crippen LogP contribution in [0.5, 0.6) is 11.5 Å². The van der Waals surface area contributed by atoms with Crippen molar-refractivity contribution in [1.82, 2.24) is 28.6 Å². The summed E-state index contributed by atoms with van der Waals surface area (Å²) in [5, 5.41) is 5.82. The molecule has 2 aliphatic rings. The van der Waals surface area contributed by atoms with Crippen LogP contribution < -0.4 is 25.0 Å². The predicted octanol–water partition coefficient (Wildman–Crippen LogP) is 7.64. The number of ether oxygens (including phenoxy) is 2. The topological polar surface area (TPSA) is 147 Å². The average molecular weight is 880 g/mol. The van der Waals surface area contributed by atoms with Gasteiger partial charge in [-0.2, -0.15) is 4.31 Å². The molecular formula is C46H51F2N9O5S. The van der Waals surface area contributed by atoms with E-state index < -0.39 is 33.3 Å². The monoisotopic (exact) mass is 879 g/mol. The highest BCUT2D eigenvalue weighted by Crippen LogP contribution is 2.39. The number of pyridine rings is 1. The van der Waals surface area contributed by atoms with E-state index in [4.69, 9.17) is 19.4 Å². The van der Waals surface area contributed by atoms with Crippen molar-refractivity contribution in [3.05, 3.63) is 108 Å². The van der Waals surface area contributed by atoms with E-state index in [9.17, 15) is 22.0 Å². The number of nitrogens with one attached hydrogen (secondary N) is 2. The fourth-order valence-electron chi connectivity index (χ4n) is 8.48. The maximum absolute atomic E-state index is 14.6. The minimum Gasteiger partial charge on any atom is -0.493 e. The van der Waals surface area contributed by atoms with E-state index in [2.05, 4.69) is 44.5 Å². The second-order valence-corrected chi connectivity index (χ2v) is 17.5. The van der Waals surface area contributed by atoms with E-state index in [0.29, 0.717) is 65.7 Å². The number of sulfonamides is 1. The van der Waals surface area contributed by atoms with E-state index in [1.165, 1.54) is 12.3 Å². The van der Waals surface area contributed by atoms with Crippen molar-refractivity contribution in [2.24, 2.45) is 0 Å². The van der Waals surface area contributed by atoms with E-state index >= 15 is 0 Å². The summed E-state index contributed by atoms with van der Waals surface area (Å²) >= 11 is 0. The zero-order valence-corrected chi connectivity index (χ0v) is 36.6. The van der Waals surface area contributed by atoms with Crippen LogP contribution in [0.25, 0.3) is 28.3 Å². The first kappa shape index (κ1) is 43.5. The third-order valence-corrected chi connectivity index (χ3v) is 12.9. The Morgan fingerprint density at radius 2 is 1.57 bits per heavy atom. The van der Waals surface area contributed by atoms with E-state index in [1.54, 1.807) is 41.7 Å². The summed E-state index contributed by atoms with van der Waals surface area (Å²) in [5.74, 6) is -1.32. The van der Waals surface area contributed by atoms with Crippen molar-refractivity contribution >= 4 is 44.6 Å². The van der Waals surface area contributed by atoms with Gasteiger partial charge in [0.2, 0.25) is 16.0 Å². The molecule has 0 unspecified atom stereocenters. The molecule has 0 atom stereocenters. The first-order valence-corrected chi connectivity index (χ1v) is 23.1. The molecule has 1 amide bonds. The van der Waals surface area contributed by atoms with Crippen LogP contribution in [0.4, 0.5) is 31.8 Å². The molecule has 17 heteroatoms. The van der Waals surface area contributed by atoms with Crippen molar-refractivity contribution in [2.75, 3.05) is 74.3 Å². The summed E-state index contributed by atoms with van der Waals surface area (Å²) in [6, 6.07) is 20.4. The van der Waals surface area contributed by atoms with Crippen LogP contribution in [-0.2, 0) is 16.4 Å². The van der Waals surface area contributed by atoms with Gasteiger partial charge in [-0.15, -0.1) is 0 Å². The molecule has 0 bridgehead atoms.